The third kappa shape index (κ3) is 6.17. The van der Waals surface area contributed by atoms with Crippen LogP contribution in [0.1, 0.15) is 5.56 Å². The Hall–Kier alpha value is -3.14. The maximum atomic E-state index is 13.9. The summed E-state index contributed by atoms with van der Waals surface area (Å²) in [4.78, 5) is 27.5. The van der Waals surface area contributed by atoms with Gasteiger partial charge >= 0.3 is 6.18 Å². The van der Waals surface area contributed by atoms with E-state index in [4.69, 9.17) is 4.74 Å². The van der Waals surface area contributed by atoms with Crippen LogP contribution in [0.15, 0.2) is 48.5 Å². The SMILES string of the molecule is O=C(COCC(=O)N1CCN(c2ccccc2F)CC1)Nc1cccc(C(F)(F)F)c1. The van der Waals surface area contributed by atoms with Crippen molar-refractivity contribution in [1.29, 1.82) is 0 Å². The Kier molecular flexibility index (Phi) is 7.11. The van der Waals surface area contributed by atoms with Gasteiger partial charge in [-0.2, -0.15) is 13.2 Å². The molecule has 1 saturated heterocycles. The van der Waals surface area contributed by atoms with E-state index in [1.165, 1.54) is 18.2 Å². The van der Waals surface area contributed by atoms with Gasteiger partial charge < -0.3 is 19.9 Å². The highest BCUT2D eigenvalue weighted by atomic mass is 19.4. The molecule has 2 amide bonds. The van der Waals surface area contributed by atoms with E-state index >= 15 is 0 Å². The molecule has 3 rings (SSSR count). The largest absolute Gasteiger partial charge is 0.416 e. The number of carbonyl (C=O) groups is 2. The molecule has 0 radical (unpaired) electrons. The maximum absolute atomic E-state index is 13.9. The first-order valence-electron chi connectivity index (χ1n) is 9.56. The molecule has 0 bridgehead atoms. The second-order valence-electron chi connectivity index (χ2n) is 6.94. The molecule has 10 heteroatoms. The fourth-order valence-corrected chi connectivity index (χ4v) is 3.20. The molecule has 0 saturated carbocycles. The topological polar surface area (TPSA) is 61.9 Å². The molecule has 166 valence electrons. The number of carbonyl (C=O) groups excluding carboxylic acids is 2. The number of ether oxygens (including phenoxy) is 1. The highest BCUT2D eigenvalue weighted by Crippen LogP contribution is 2.30. The van der Waals surface area contributed by atoms with Crippen molar-refractivity contribution in [3.8, 4) is 0 Å². The van der Waals surface area contributed by atoms with E-state index in [1.54, 1.807) is 23.1 Å². The molecule has 0 aromatic heterocycles. The number of nitrogens with one attached hydrogen (secondary N) is 1. The zero-order valence-electron chi connectivity index (χ0n) is 16.5. The lowest BCUT2D eigenvalue weighted by atomic mass is 10.2. The molecule has 0 spiro atoms. The smallest absolute Gasteiger partial charge is 0.366 e. The van der Waals surface area contributed by atoms with E-state index in [0.29, 0.717) is 31.9 Å². The lowest BCUT2D eigenvalue weighted by molar-refractivity contribution is -0.138. The van der Waals surface area contributed by atoms with Gasteiger partial charge in [0.1, 0.15) is 19.0 Å². The molecule has 0 atom stereocenters. The lowest BCUT2D eigenvalue weighted by Gasteiger charge is -2.36. The van der Waals surface area contributed by atoms with Crippen molar-refractivity contribution in [2.45, 2.75) is 6.18 Å². The van der Waals surface area contributed by atoms with Crippen LogP contribution in [0.5, 0.6) is 0 Å². The first kappa shape index (κ1) is 22.5. The fraction of sp³-hybridized carbons (Fsp3) is 0.333. The average molecular weight is 439 g/mol. The van der Waals surface area contributed by atoms with Gasteiger partial charge in [-0.15, -0.1) is 0 Å². The molecule has 0 aliphatic carbocycles. The molecular formula is C21H21F4N3O3. The first-order chi connectivity index (χ1) is 14.7. The number of benzene rings is 2. The molecule has 0 unspecified atom stereocenters. The number of anilines is 2. The molecular weight excluding hydrogens is 418 g/mol. The van der Waals surface area contributed by atoms with E-state index in [-0.39, 0.29) is 24.0 Å². The Bertz CT molecular complexity index is 928. The standard InChI is InChI=1S/C21H21F4N3O3/c22-17-6-1-2-7-18(17)27-8-10-28(11-9-27)20(30)14-31-13-19(29)26-16-5-3-4-15(12-16)21(23,24)25/h1-7,12H,8-11,13-14H2,(H,26,29). The molecule has 1 aliphatic heterocycles. The molecule has 2 aromatic carbocycles. The van der Waals surface area contributed by atoms with Crippen LogP contribution in [-0.4, -0.2) is 56.1 Å². The average Bonchev–Trinajstić information content (AvgIpc) is 2.74. The van der Waals surface area contributed by atoms with Crippen LogP contribution >= 0.6 is 0 Å². The van der Waals surface area contributed by atoms with E-state index in [1.807, 2.05) is 4.90 Å². The van der Waals surface area contributed by atoms with Crippen LogP contribution in [0.2, 0.25) is 0 Å². The summed E-state index contributed by atoms with van der Waals surface area (Å²) in [6, 6.07) is 10.6. The number of amides is 2. The summed E-state index contributed by atoms with van der Waals surface area (Å²) in [6.45, 7) is 0.873. The highest BCUT2D eigenvalue weighted by molar-refractivity contribution is 5.92. The zero-order chi connectivity index (χ0) is 22.4. The van der Waals surface area contributed by atoms with E-state index in [9.17, 15) is 27.2 Å². The second-order valence-corrected chi connectivity index (χ2v) is 6.94. The molecule has 2 aromatic rings. The van der Waals surface area contributed by atoms with Gasteiger partial charge in [0, 0.05) is 31.9 Å². The summed E-state index contributed by atoms with van der Waals surface area (Å²) >= 11 is 0. The van der Waals surface area contributed by atoms with Gasteiger partial charge in [-0.25, -0.2) is 4.39 Å². The van der Waals surface area contributed by atoms with Gasteiger partial charge in [-0.3, -0.25) is 9.59 Å². The predicted octanol–water partition coefficient (Wildman–Crippen LogP) is 3.15. The van der Waals surface area contributed by atoms with Crippen LogP contribution < -0.4 is 10.2 Å². The number of alkyl halides is 3. The number of piperazine rings is 1. The number of rotatable bonds is 6. The molecule has 1 heterocycles. The summed E-state index contributed by atoms with van der Waals surface area (Å²) < 4.78 is 57.1. The van der Waals surface area contributed by atoms with Crippen molar-refractivity contribution < 1.29 is 31.9 Å². The van der Waals surface area contributed by atoms with Crippen LogP contribution in [0.3, 0.4) is 0 Å². The van der Waals surface area contributed by atoms with Crippen molar-refractivity contribution in [2.24, 2.45) is 0 Å². The van der Waals surface area contributed by atoms with Crippen molar-refractivity contribution in [2.75, 3.05) is 49.6 Å². The third-order valence-electron chi connectivity index (χ3n) is 4.76. The normalized spacial score (nSPS) is 14.5. The van der Waals surface area contributed by atoms with Crippen LogP contribution in [0.25, 0.3) is 0 Å². The minimum Gasteiger partial charge on any atom is -0.366 e. The van der Waals surface area contributed by atoms with E-state index in [0.717, 1.165) is 12.1 Å². The third-order valence-corrected chi connectivity index (χ3v) is 4.76. The van der Waals surface area contributed by atoms with Crippen molar-refractivity contribution in [1.82, 2.24) is 4.90 Å². The maximum Gasteiger partial charge on any atom is 0.416 e. The quantitative estimate of drug-likeness (QED) is 0.703. The Balaban J connectivity index is 1.40. The van der Waals surface area contributed by atoms with Gasteiger partial charge in [0.05, 0.1) is 11.3 Å². The summed E-state index contributed by atoms with van der Waals surface area (Å²) in [5, 5.41) is 2.31. The Morgan fingerprint density at radius 1 is 0.968 bits per heavy atom. The van der Waals surface area contributed by atoms with Crippen molar-refractivity contribution >= 4 is 23.2 Å². The predicted molar refractivity (Wildman–Crippen MR) is 106 cm³/mol. The lowest BCUT2D eigenvalue weighted by Crippen LogP contribution is -2.50. The summed E-state index contributed by atoms with van der Waals surface area (Å²) in [5.41, 5.74) is -0.410. The van der Waals surface area contributed by atoms with Crippen molar-refractivity contribution in [3.05, 3.63) is 59.9 Å². The van der Waals surface area contributed by atoms with Gasteiger partial charge in [-0.05, 0) is 30.3 Å². The minimum absolute atomic E-state index is 0.0148. The number of halogens is 4. The highest BCUT2D eigenvalue weighted by Gasteiger charge is 2.30. The van der Waals surface area contributed by atoms with Crippen LogP contribution in [0, 0.1) is 5.82 Å². The van der Waals surface area contributed by atoms with Crippen LogP contribution in [-0.2, 0) is 20.5 Å². The second kappa shape index (κ2) is 9.78. The van der Waals surface area contributed by atoms with Crippen LogP contribution in [0.4, 0.5) is 28.9 Å². The number of nitrogens with zero attached hydrogens (tertiary/aromatic N) is 2. The van der Waals surface area contributed by atoms with Gasteiger partial charge in [0.15, 0.2) is 0 Å². The molecule has 1 N–H and O–H groups in total. The number of hydrogen-bond donors (Lipinski definition) is 1. The molecule has 31 heavy (non-hydrogen) atoms. The summed E-state index contributed by atoms with van der Waals surface area (Å²) in [5.74, 6) is -1.31. The monoisotopic (exact) mass is 439 g/mol. The fourth-order valence-electron chi connectivity index (χ4n) is 3.20. The summed E-state index contributed by atoms with van der Waals surface area (Å²) in [7, 11) is 0. The van der Waals surface area contributed by atoms with Gasteiger partial charge in [0.2, 0.25) is 11.8 Å². The Morgan fingerprint density at radius 2 is 1.68 bits per heavy atom. The molecule has 1 aliphatic rings. The van der Waals surface area contributed by atoms with E-state index in [2.05, 4.69) is 5.32 Å². The van der Waals surface area contributed by atoms with E-state index < -0.39 is 24.3 Å². The Morgan fingerprint density at radius 3 is 2.35 bits per heavy atom. The minimum atomic E-state index is -4.51. The van der Waals surface area contributed by atoms with Crippen molar-refractivity contribution in [3.63, 3.8) is 0 Å². The summed E-state index contributed by atoms with van der Waals surface area (Å²) in [6.07, 6.45) is -4.51. The van der Waals surface area contributed by atoms with Gasteiger partial charge in [0.25, 0.3) is 0 Å². The zero-order valence-corrected chi connectivity index (χ0v) is 16.5. The number of hydrogen-bond acceptors (Lipinski definition) is 4. The first-order valence-corrected chi connectivity index (χ1v) is 9.56. The Labute approximate surface area is 176 Å². The number of para-hydroxylation sites is 1. The van der Waals surface area contributed by atoms with Gasteiger partial charge in [-0.1, -0.05) is 18.2 Å². The molecule has 1 fully saturated rings. The molecule has 6 nitrogen and oxygen atoms in total.